The Kier molecular flexibility index (Phi) is 4.46. The molecule has 20 heavy (non-hydrogen) atoms. The molecular weight excluding hydrogens is 260 g/mol. The van der Waals surface area contributed by atoms with Gasteiger partial charge in [0, 0.05) is 18.5 Å². The smallest absolute Gasteiger partial charge is 0.307 e. The van der Waals surface area contributed by atoms with Crippen molar-refractivity contribution in [1.29, 1.82) is 0 Å². The van der Waals surface area contributed by atoms with E-state index in [9.17, 15) is 14.4 Å². The molecule has 6 nitrogen and oxygen atoms in total. The highest BCUT2D eigenvalue weighted by molar-refractivity contribution is 5.91. The molecule has 6 heteroatoms. The van der Waals surface area contributed by atoms with Crippen molar-refractivity contribution in [3.05, 3.63) is 0 Å². The summed E-state index contributed by atoms with van der Waals surface area (Å²) in [5, 5.41) is 14.4. The maximum absolute atomic E-state index is 11.9. The van der Waals surface area contributed by atoms with Gasteiger partial charge in [-0.25, -0.2) is 0 Å². The van der Waals surface area contributed by atoms with Crippen LogP contribution in [0.1, 0.15) is 41.0 Å². The second-order valence-corrected chi connectivity index (χ2v) is 6.95. The Balaban J connectivity index is 2.36. The quantitative estimate of drug-likeness (QED) is 0.694. The predicted octanol–water partition coefficient (Wildman–Crippen LogP) is 0.764. The SMILES string of the molecule is CC(C)(C)NC(=O)CCNC(=O)C1C(C(=O)O)C1(C)C. The molecule has 1 aliphatic carbocycles. The zero-order valence-corrected chi connectivity index (χ0v) is 12.7. The molecule has 2 unspecified atom stereocenters. The summed E-state index contributed by atoms with van der Waals surface area (Å²) in [4.78, 5) is 34.5. The molecule has 0 aromatic rings. The van der Waals surface area contributed by atoms with Gasteiger partial charge in [-0.1, -0.05) is 13.8 Å². The van der Waals surface area contributed by atoms with Crippen LogP contribution in [-0.2, 0) is 14.4 Å². The van der Waals surface area contributed by atoms with E-state index in [2.05, 4.69) is 10.6 Å². The summed E-state index contributed by atoms with van der Waals surface area (Å²) >= 11 is 0. The molecule has 0 bridgehead atoms. The van der Waals surface area contributed by atoms with Gasteiger partial charge in [0.2, 0.25) is 11.8 Å². The molecule has 0 saturated heterocycles. The number of nitrogens with one attached hydrogen (secondary N) is 2. The first kappa shape index (κ1) is 16.5. The molecule has 2 amide bonds. The van der Waals surface area contributed by atoms with E-state index in [1.54, 1.807) is 13.8 Å². The molecule has 0 aromatic heterocycles. The fraction of sp³-hybridized carbons (Fsp3) is 0.786. The summed E-state index contributed by atoms with van der Waals surface area (Å²) in [6.07, 6.45) is 0.188. The van der Waals surface area contributed by atoms with Gasteiger partial charge in [-0.3, -0.25) is 14.4 Å². The van der Waals surface area contributed by atoms with Crippen LogP contribution in [0.4, 0.5) is 0 Å². The van der Waals surface area contributed by atoms with Gasteiger partial charge in [-0.15, -0.1) is 0 Å². The Hall–Kier alpha value is -1.59. The van der Waals surface area contributed by atoms with Gasteiger partial charge in [0.15, 0.2) is 0 Å². The van der Waals surface area contributed by atoms with Crippen molar-refractivity contribution >= 4 is 17.8 Å². The van der Waals surface area contributed by atoms with Gasteiger partial charge in [-0.2, -0.15) is 0 Å². The first-order valence-corrected chi connectivity index (χ1v) is 6.78. The molecule has 0 radical (unpaired) electrons. The second kappa shape index (κ2) is 5.42. The fourth-order valence-corrected chi connectivity index (χ4v) is 2.48. The minimum atomic E-state index is -0.944. The number of hydrogen-bond donors (Lipinski definition) is 3. The number of aliphatic carboxylic acids is 1. The van der Waals surface area contributed by atoms with Gasteiger partial charge < -0.3 is 15.7 Å². The Labute approximate surface area is 119 Å². The normalized spacial score (nSPS) is 23.9. The van der Waals surface area contributed by atoms with Crippen LogP contribution in [0.2, 0.25) is 0 Å². The van der Waals surface area contributed by atoms with Crippen molar-refractivity contribution in [2.24, 2.45) is 17.3 Å². The Morgan fingerprint density at radius 1 is 1.15 bits per heavy atom. The van der Waals surface area contributed by atoms with Crippen LogP contribution in [0.15, 0.2) is 0 Å². The van der Waals surface area contributed by atoms with E-state index in [1.807, 2.05) is 20.8 Å². The van der Waals surface area contributed by atoms with Gasteiger partial charge in [0.1, 0.15) is 0 Å². The van der Waals surface area contributed by atoms with E-state index in [0.717, 1.165) is 0 Å². The van der Waals surface area contributed by atoms with Crippen LogP contribution < -0.4 is 10.6 Å². The number of carbonyl (C=O) groups is 3. The first-order valence-electron chi connectivity index (χ1n) is 6.78. The summed E-state index contributed by atoms with van der Waals surface area (Å²) in [5.74, 6) is -2.51. The summed E-state index contributed by atoms with van der Waals surface area (Å²) in [6, 6.07) is 0. The molecule has 114 valence electrons. The highest BCUT2D eigenvalue weighted by Gasteiger charge is 2.65. The van der Waals surface area contributed by atoms with Gasteiger partial charge >= 0.3 is 5.97 Å². The lowest BCUT2D eigenvalue weighted by Gasteiger charge is -2.20. The van der Waals surface area contributed by atoms with E-state index >= 15 is 0 Å². The maximum atomic E-state index is 11.9. The number of amides is 2. The summed E-state index contributed by atoms with van der Waals surface area (Å²) < 4.78 is 0. The largest absolute Gasteiger partial charge is 0.481 e. The summed E-state index contributed by atoms with van der Waals surface area (Å²) in [5.41, 5.74) is -0.808. The zero-order valence-electron chi connectivity index (χ0n) is 12.7. The van der Waals surface area contributed by atoms with Crippen LogP contribution in [-0.4, -0.2) is 35.0 Å². The summed E-state index contributed by atoms with van der Waals surface area (Å²) in [7, 11) is 0. The van der Waals surface area contributed by atoms with Crippen LogP contribution in [0, 0.1) is 17.3 Å². The molecule has 0 spiro atoms. The number of carbonyl (C=O) groups excluding carboxylic acids is 2. The molecule has 1 saturated carbocycles. The third-order valence-corrected chi connectivity index (χ3v) is 3.54. The standard InChI is InChI=1S/C14H24N2O4/c1-13(2,3)16-8(17)6-7-15-11(18)9-10(12(19)20)14(9,4)5/h9-10H,6-7H2,1-5H3,(H,15,18)(H,16,17)(H,19,20). The lowest BCUT2D eigenvalue weighted by atomic mass is 10.1. The summed E-state index contributed by atoms with van der Waals surface area (Å²) in [6.45, 7) is 9.40. The Bertz CT molecular complexity index is 423. The van der Waals surface area contributed by atoms with Crippen molar-refractivity contribution in [3.8, 4) is 0 Å². The van der Waals surface area contributed by atoms with Crippen LogP contribution in [0.25, 0.3) is 0 Å². The van der Waals surface area contributed by atoms with Crippen molar-refractivity contribution in [2.45, 2.75) is 46.6 Å². The van der Waals surface area contributed by atoms with Crippen LogP contribution in [0.3, 0.4) is 0 Å². The van der Waals surface area contributed by atoms with E-state index in [0.29, 0.717) is 0 Å². The topological polar surface area (TPSA) is 95.5 Å². The third kappa shape index (κ3) is 3.95. The Morgan fingerprint density at radius 2 is 1.70 bits per heavy atom. The van der Waals surface area contributed by atoms with Crippen molar-refractivity contribution in [3.63, 3.8) is 0 Å². The van der Waals surface area contributed by atoms with E-state index in [-0.39, 0.29) is 30.3 Å². The molecule has 3 N–H and O–H groups in total. The molecule has 1 rings (SSSR count). The predicted molar refractivity (Wildman–Crippen MR) is 73.9 cm³/mol. The van der Waals surface area contributed by atoms with Gasteiger partial charge in [0.25, 0.3) is 0 Å². The second-order valence-electron chi connectivity index (χ2n) is 6.95. The molecular formula is C14H24N2O4. The number of carboxylic acids is 1. The van der Waals surface area contributed by atoms with Crippen molar-refractivity contribution in [2.75, 3.05) is 6.54 Å². The van der Waals surface area contributed by atoms with Crippen molar-refractivity contribution < 1.29 is 19.5 Å². The molecule has 0 aromatic carbocycles. The monoisotopic (exact) mass is 284 g/mol. The first-order chi connectivity index (χ1) is 8.97. The minimum absolute atomic E-state index is 0.136. The highest BCUT2D eigenvalue weighted by atomic mass is 16.4. The maximum Gasteiger partial charge on any atom is 0.307 e. The molecule has 0 heterocycles. The van der Waals surface area contributed by atoms with Gasteiger partial charge in [0.05, 0.1) is 11.8 Å². The fourth-order valence-electron chi connectivity index (χ4n) is 2.48. The number of hydrogen-bond acceptors (Lipinski definition) is 3. The van der Waals surface area contributed by atoms with Crippen LogP contribution in [0.5, 0.6) is 0 Å². The van der Waals surface area contributed by atoms with E-state index in [4.69, 9.17) is 5.11 Å². The van der Waals surface area contributed by atoms with E-state index < -0.39 is 23.2 Å². The van der Waals surface area contributed by atoms with Crippen molar-refractivity contribution in [1.82, 2.24) is 10.6 Å². The van der Waals surface area contributed by atoms with Crippen LogP contribution >= 0.6 is 0 Å². The minimum Gasteiger partial charge on any atom is -0.481 e. The lowest BCUT2D eigenvalue weighted by Crippen LogP contribution is -2.42. The van der Waals surface area contributed by atoms with Gasteiger partial charge in [-0.05, 0) is 26.2 Å². The third-order valence-electron chi connectivity index (χ3n) is 3.54. The van der Waals surface area contributed by atoms with E-state index in [1.165, 1.54) is 0 Å². The highest BCUT2D eigenvalue weighted by Crippen LogP contribution is 2.58. The average molecular weight is 284 g/mol. The molecule has 2 atom stereocenters. The molecule has 1 aliphatic rings. The average Bonchev–Trinajstić information content (AvgIpc) is 2.78. The molecule has 1 fully saturated rings. The number of carboxylic acid groups (broad SMARTS) is 1. The number of rotatable bonds is 5. The zero-order chi connectivity index (χ0) is 15.7. The lowest BCUT2D eigenvalue weighted by molar-refractivity contribution is -0.140. The molecule has 0 aliphatic heterocycles. The Morgan fingerprint density at radius 3 is 2.10 bits per heavy atom.